The largest absolute Gasteiger partial charge is 0.294 e. The molecule has 0 heterocycles. The first-order valence-electron chi connectivity index (χ1n) is 9.32. The molecule has 7 nitrogen and oxygen atoms in total. The molecule has 2 aromatic carbocycles. The van der Waals surface area contributed by atoms with E-state index in [0.717, 1.165) is 6.07 Å². The van der Waals surface area contributed by atoms with Gasteiger partial charge in [-0.15, -0.1) is 0 Å². The molecule has 9 heteroatoms. The van der Waals surface area contributed by atoms with Crippen LogP contribution in [0.25, 0.3) is 11.1 Å². The van der Waals surface area contributed by atoms with Crippen LogP contribution in [0.3, 0.4) is 0 Å². The van der Waals surface area contributed by atoms with Crippen molar-refractivity contribution in [1.82, 2.24) is 4.31 Å². The average Bonchev–Trinajstić information content (AvgIpc) is 2.83. The van der Waals surface area contributed by atoms with E-state index in [4.69, 9.17) is 0 Å². The summed E-state index contributed by atoms with van der Waals surface area (Å²) in [4.78, 5) is 12.5. The molecule has 0 fully saturated rings. The molecule has 1 aliphatic rings. The number of sulfonamides is 1. The number of hydrogen-bond acceptors (Lipinski definition) is 5. The summed E-state index contributed by atoms with van der Waals surface area (Å²) in [6.45, 7) is 10.8. The number of carbonyl (C=O) groups excluding carboxylic acids is 1. The lowest BCUT2D eigenvalue weighted by molar-refractivity contribution is 0.104. The second-order valence-electron chi connectivity index (χ2n) is 9.33. The van der Waals surface area contributed by atoms with E-state index >= 15 is 0 Å². The summed E-state index contributed by atoms with van der Waals surface area (Å²) in [5.41, 5.74) is -0.0933. The van der Waals surface area contributed by atoms with E-state index in [1.165, 1.54) is 28.6 Å². The highest BCUT2D eigenvalue weighted by atomic mass is 32.2. The third kappa shape index (κ3) is 3.71. The van der Waals surface area contributed by atoms with Crippen molar-refractivity contribution in [2.24, 2.45) is 0 Å². The number of rotatable bonds is 3. The van der Waals surface area contributed by atoms with Crippen LogP contribution in [-0.4, -0.2) is 42.6 Å². The van der Waals surface area contributed by atoms with E-state index in [0.29, 0.717) is 11.1 Å². The average molecular weight is 452 g/mol. The first-order chi connectivity index (χ1) is 13.5. The normalized spacial score (nSPS) is 14.7. The Balaban J connectivity index is 2.16. The van der Waals surface area contributed by atoms with Crippen LogP contribution in [0.5, 0.6) is 0 Å². The topological polar surface area (TPSA) is 109 Å². The zero-order valence-corrected chi connectivity index (χ0v) is 19.3. The molecule has 1 N–H and O–H groups in total. The van der Waals surface area contributed by atoms with Gasteiger partial charge in [-0.25, -0.2) is 8.42 Å². The van der Waals surface area contributed by atoms with E-state index in [1.807, 2.05) is 0 Å². The maximum Gasteiger partial charge on any atom is 0.294 e. The quantitative estimate of drug-likeness (QED) is 0.608. The number of carbonyl (C=O) groups is 1. The van der Waals surface area contributed by atoms with Gasteiger partial charge in [0.25, 0.3) is 10.1 Å². The highest BCUT2D eigenvalue weighted by molar-refractivity contribution is 7.89. The van der Waals surface area contributed by atoms with Crippen LogP contribution in [-0.2, 0) is 20.1 Å². The maximum absolute atomic E-state index is 13.5. The molecule has 3 rings (SSSR count). The monoisotopic (exact) mass is 451 g/mol. The van der Waals surface area contributed by atoms with E-state index in [1.54, 1.807) is 47.6 Å². The second kappa shape index (κ2) is 6.71. The molecule has 2 aromatic rings. The molecule has 0 aromatic heterocycles. The molecular formula is C21H25NO6S2. The number of fused-ring (bicyclic) bond motifs is 3. The predicted molar refractivity (Wildman–Crippen MR) is 114 cm³/mol. The highest BCUT2D eigenvalue weighted by Gasteiger charge is 2.42. The Kier molecular flexibility index (Phi) is 5.06. The third-order valence-electron chi connectivity index (χ3n) is 4.82. The molecule has 0 bridgehead atoms. The van der Waals surface area contributed by atoms with Gasteiger partial charge in [0.2, 0.25) is 10.0 Å². The number of hydrogen-bond donors (Lipinski definition) is 1. The highest BCUT2D eigenvalue weighted by Crippen LogP contribution is 2.40. The zero-order chi connectivity index (χ0) is 22.9. The molecular weight excluding hydrogens is 426 g/mol. The Morgan fingerprint density at radius 3 is 1.50 bits per heavy atom. The molecule has 0 atom stereocenters. The van der Waals surface area contributed by atoms with Gasteiger partial charge in [0, 0.05) is 22.2 Å². The Hall–Kier alpha value is -2.07. The van der Waals surface area contributed by atoms with Crippen LogP contribution >= 0.6 is 0 Å². The van der Waals surface area contributed by atoms with Crippen molar-refractivity contribution < 1.29 is 26.2 Å². The molecule has 0 saturated heterocycles. The second-order valence-corrected chi connectivity index (χ2v) is 12.5. The van der Waals surface area contributed by atoms with Gasteiger partial charge in [-0.3, -0.25) is 9.35 Å². The molecule has 30 heavy (non-hydrogen) atoms. The summed E-state index contributed by atoms with van der Waals surface area (Å²) in [6.07, 6.45) is 0. The Labute approximate surface area is 177 Å². The summed E-state index contributed by atoms with van der Waals surface area (Å²) in [6, 6.07) is 8.11. The van der Waals surface area contributed by atoms with Crippen molar-refractivity contribution in [3.8, 4) is 11.1 Å². The minimum Gasteiger partial charge on any atom is -0.289 e. The van der Waals surface area contributed by atoms with Gasteiger partial charge in [0.1, 0.15) is 0 Å². The Morgan fingerprint density at radius 1 is 0.700 bits per heavy atom. The lowest BCUT2D eigenvalue weighted by Gasteiger charge is -2.43. The van der Waals surface area contributed by atoms with E-state index < -0.39 is 37.0 Å². The third-order valence-corrected chi connectivity index (χ3v) is 8.09. The van der Waals surface area contributed by atoms with Crippen LogP contribution < -0.4 is 0 Å². The van der Waals surface area contributed by atoms with Gasteiger partial charge in [-0.05, 0) is 76.9 Å². The summed E-state index contributed by atoms with van der Waals surface area (Å²) in [5.74, 6) is -0.486. The van der Waals surface area contributed by atoms with E-state index in [2.05, 4.69) is 0 Å². The molecule has 0 aliphatic heterocycles. The van der Waals surface area contributed by atoms with Crippen LogP contribution in [0.15, 0.2) is 46.2 Å². The van der Waals surface area contributed by atoms with E-state index in [-0.39, 0.29) is 20.9 Å². The maximum atomic E-state index is 13.5. The zero-order valence-electron chi connectivity index (χ0n) is 17.7. The summed E-state index contributed by atoms with van der Waals surface area (Å²) in [7, 11) is -8.40. The van der Waals surface area contributed by atoms with Crippen molar-refractivity contribution in [3.05, 3.63) is 47.5 Å². The minimum atomic E-state index is -4.47. The van der Waals surface area contributed by atoms with Crippen LogP contribution in [0, 0.1) is 0 Å². The van der Waals surface area contributed by atoms with Crippen LogP contribution in [0.4, 0.5) is 0 Å². The molecule has 0 saturated carbocycles. The van der Waals surface area contributed by atoms with Crippen molar-refractivity contribution in [3.63, 3.8) is 0 Å². The molecule has 162 valence electrons. The standard InChI is InChI=1S/C21H25NO6S2/c1-20(2,3)22(21(4,5)6)29(24,25)13-7-9-15-16-10-8-14(30(26,27)28)12-18(16)19(23)17(15)11-13/h7-12H,1-6H3,(H,26,27,28). The minimum absolute atomic E-state index is 0.0118. The predicted octanol–water partition coefficient (Wildman–Crippen LogP) is 3.73. The van der Waals surface area contributed by atoms with Crippen LogP contribution in [0.2, 0.25) is 0 Å². The lowest BCUT2D eigenvalue weighted by atomic mass is 10.0. The van der Waals surface area contributed by atoms with Gasteiger partial charge in [0.15, 0.2) is 5.78 Å². The summed E-state index contributed by atoms with van der Waals surface area (Å²) >= 11 is 0. The SMILES string of the molecule is CC(C)(C)N(C(C)(C)C)S(=O)(=O)c1ccc2c(c1)C(=O)c1cc(S(=O)(=O)O)ccc1-2. The molecule has 0 spiro atoms. The lowest BCUT2D eigenvalue weighted by Crippen LogP contribution is -2.55. The smallest absolute Gasteiger partial charge is 0.289 e. The fourth-order valence-corrected chi connectivity index (χ4v) is 6.86. The fraction of sp³-hybridized carbons (Fsp3) is 0.381. The molecule has 0 amide bonds. The van der Waals surface area contributed by atoms with Gasteiger partial charge in [0.05, 0.1) is 9.79 Å². The van der Waals surface area contributed by atoms with Gasteiger partial charge in [-0.2, -0.15) is 12.7 Å². The van der Waals surface area contributed by atoms with Crippen molar-refractivity contribution in [2.45, 2.75) is 62.4 Å². The number of benzene rings is 2. The van der Waals surface area contributed by atoms with E-state index in [9.17, 15) is 26.2 Å². The van der Waals surface area contributed by atoms with Crippen molar-refractivity contribution in [2.75, 3.05) is 0 Å². The first kappa shape index (κ1) is 22.6. The molecule has 0 radical (unpaired) electrons. The van der Waals surface area contributed by atoms with Crippen molar-refractivity contribution in [1.29, 1.82) is 0 Å². The number of ketones is 1. The van der Waals surface area contributed by atoms with Gasteiger partial charge < -0.3 is 0 Å². The Bertz CT molecular complexity index is 1250. The van der Waals surface area contributed by atoms with Crippen LogP contribution in [0.1, 0.15) is 57.5 Å². The molecule has 0 unspecified atom stereocenters. The summed E-state index contributed by atoms with van der Waals surface area (Å²) < 4.78 is 60.5. The Morgan fingerprint density at radius 2 is 1.10 bits per heavy atom. The van der Waals surface area contributed by atoms with Gasteiger partial charge in [-0.1, -0.05) is 12.1 Å². The fourth-order valence-electron chi connectivity index (χ4n) is 4.19. The number of nitrogens with zero attached hydrogens (tertiary/aromatic N) is 1. The first-order valence-corrected chi connectivity index (χ1v) is 12.2. The molecule has 1 aliphatic carbocycles. The van der Waals surface area contributed by atoms with Crippen molar-refractivity contribution >= 4 is 25.9 Å². The summed E-state index contributed by atoms with van der Waals surface area (Å²) in [5, 5.41) is 0. The van der Waals surface area contributed by atoms with Gasteiger partial charge >= 0.3 is 0 Å².